The summed E-state index contributed by atoms with van der Waals surface area (Å²) in [5.41, 5.74) is 10.9. The van der Waals surface area contributed by atoms with E-state index in [0.29, 0.717) is 39.9 Å². The topological polar surface area (TPSA) is 76.7 Å². The molecule has 0 saturated heterocycles. The highest BCUT2D eigenvalue weighted by atomic mass is 15.1. The number of hydrogen-bond acceptors (Lipinski definition) is 4. The first-order valence-corrected chi connectivity index (χ1v) is 19.6. The molecule has 3 aromatic heterocycles. The second-order valence-electron chi connectivity index (χ2n) is 14.6. The summed E-state index contributed by atoms with van der Waals surface area (Å²) < 4.78 is 4.45. The lowest BCUT2D eigenvalue weighted by Crippen LogP contribution is -2.06. The summed E-state index contributed by atoms with van der Waals surface area (Å²) in [5.74, 6) is 1.26. The van der Waals surface area contributed by atoms with Crippen LogP contribution in [-0.2, 0) is 0 Å². The molecule has 0 radical (unpaired) electrons. The number of fused-ring (bicyclic) bond motifs is 6. The minimum atomic E-state index is 0.399. The number of para-hydroxylation sites is 4. The zero-order chi connectivity index (χ0) is 40.2. The van der Waals surface area contributed by atoms with Gasteiger partial charge in [0.25, 0.3) is 0 Å². The molecule has 0 unspecified atom stereocenters. The van der Waals surface area contributed by atoms with Crippen LogP contribution in [0.5, 0.6) is 0 Å². The first kappa shape index (κ1) is 34.6. The number of hydrogen-bond donors (Lipinski definition) is 0. The Morgan fingerprint density at radius 1 is 0.417 bits per heavy atom. The van der Waals surface area contributed by atoms with Crippen LogP contribution in [-0.4, -0.2) is 24.1 Å². The highest BCUT2D eigenvalue weighted by Gasteiger charge is 2.23. The maximum Gasteiger partial charge on any atom is 0.188 e. The van der Waals surface area contributed by atoms with Crippen molar-refractivity contribution in [2.24, 2.45) is 0 Å². The van der Waals surface area contributed by atoms with Crippen molar-refractivity contribution >= 4 is 49.3 Å². The molecule has 0 aliphatic heterocycles. The Kier molecular flexibility index (Phi) is 8.11. The largest absolute Gasteiger partial charge is 0.309 e. The zero-order valence-electron chi connectivity index (χ0n) is 32.0. The monoisotopic (exact) mass is 765 g/mol. The SMILES string of the molecule is [C-]#[N+]c1ccc(-n2c3ccccc3c3ccccc32)c(-c2nc(-c3cccc(-c4ccccc4)c3)nc(-c3cc(C#N)ccc3-n3c4ccccc4c4ccccc43)n2)c1. The number of aromatic nitrogens is 5. The molecule has 0 N–H and O–H groups in total. The Morgan fingerprint density at radius 2 is 0.867 bits per heavy atom. The van der Waals surface area contributed by atoms with Gasteiger partial charge in [0.15, 0.2) is 23.2 Å². The Labute approximate surface area is 345 Å². The van der Waals surface area contributed by atoms with Gasteiger partial charge in [-0.3, -0.25) is 0 Å². The fraction of sp³-hybridized carbons (Fsp3) is 0. The lowest BCUT2D eigenvalue weighted by molar-refractivity contribution is 1.06. The highest BCUT2D eigenvalue weighted by Crippen LogP contribution is 2.40. The minimum absolute atomic E-state index is 0.399. The summed E-state index contributed by atoms with van der Waals surface area (Å²) in [6, 6.07) is 65.6. The number of nitriles is 1. The fourth-order valence-electron chi connectivity index (χ4n) is 8.53. The van der Waals surface area contributed by atoms with Gasteiger partial charge in [-0.15, -0.1) is 0 Å². The molecule has 0 fully saturated rings. The molecule has 7 heteroatoms. The van der Waals surface area contributed by atoms with Crippen molar-refractivity contribution in [3.8, 4) is 62.7 Å². The van der Waals surface area contributed by atoms with Crippen molar-refractivity contribution in [2.45, 2.75) is 0 Å². The lowest BCUT2D eigenvalue weighted by atomic mass is 10.0. The molecule has 11 aromatic rings. The molecule has 0 aliphatic rings. The molecular formula is C53H31N7. The molecule has 278 valence electrons. The third-order valence-electron chi connectivity index (χ3n) is 11.2. The molecule has 0 atom stereocenters. The third-order valence-corrected chi connectivity index (χ3v) is 11.2. The maximum absolute atomic E-state index is 10.3. The number of benzene rings is 8. The van der Waals surface area contributed by atoms with Gasteiger partial charge in [-0.2, -0.15) is 5.26 Å². The average molecular weight is 766 g/mol. The summed E-state index contributed by atoms with van der Waals surface area (Å²) in [5, 5.41) is 14.8. The van der Waals surface area contributed by atoms with Crippen LogP contribution in [0.15, 0.2) is 188 Å². The Morgan fingerprint density at radius 3 is 1.40 bits per heavy atom. The molecule has 0 spiro atoms. The highest BCUT2D eigenvalue weighted by molar-refractivity contribution is 6.11. The van der Waals surface area contributed by atoms with Crippen molar-refractivity contribution in [3.63, 3.8) is 0 Å². The van der Waals surface area contributed by atoms with E-state index in [9.17, 15) is 5.26 Å². The summed E-state index contributed by atoms with van der Waals surface area (Å²) in [6.07, 6.45) is 0. The van der Waals surface area contributed by atoms with Crippen LogP contribution in [0.3, 0.4) is 0 Å². The van der Waals surface area contributed by atoms with Crippen LogP contribution in [0.2, 0.25) is 0 Å². The smallest absolute Gasteiger partial charge is 0.188 e. The van der Waals surface area contributed by atoms with Gasteiger partial charge in [-0.05, 0) is 71.8 Å². The predicted molar refractivity (Wildman–Crippen MR) is 241 cm³/mol. The quantitative estimate of drug-likeness (QED) is 0.158. The summed E-state index contributed by atoms with van der Waals surface area (Å²) in [6.45, 7) is 8.09. The van der Waals surface area contributed by atoms with Gasteiger partial charge < -0.3 is 9.13 Å². The van der Waals surface area contributed by atoms with E-state index in [4.69, 9.17) is 21.5 Å². The molecular weight excluding hydrogens is 735 g/mol. The van der Waals surface area contributed by atoms with Crippen molar-refractivity contribution in [1.82, 2.24) is 24.1 Å². The second-order valence-corrected chi connectivity index (χ2v) is 14.6. The lowest BCUT2D eigenvalue weighted by Gasteiger charge is -2.17. The molecule has 11 rings (SSSR count). The normalized spacial score (nSPS) is 11.3. The summed E-state index contributed by atoms with van der Waals surface area (Å²) in [4.78, 5) is 19.7. The number of nitrogens with zero attached hydrogens (tertiary/aromatic N) is 7. The van der Waals surface area contributed by atoms with E-state index in [1.807, 2.05) is 91.0 Å². The van der Waals surface area contributed by atoms with Gasteiger partial charge in [0, 0.05) is 38.2 Å². The third kappa shape index (κ3) is 5.61. The van der Waals surface area contributed by atoms with Crippen LogP contribution >= 0.6 is 0 Å². The molecule has 60 heavy (non-hydrogen) atoms. The summed E-state index contributed by atoms with van der Waals surface area (Å²) in [7, 11) is 0. The van der Waals surface area contributed by atoms with Crippen molar-refractivity contribution in [1.29, 1.82) is 5.26 Å². The van der Waals surface area contributed by atoms with Gasteiger partial charge in [0.1, 0.15) is 0 Å². The standard InChI is InChI=1S/C53H31N7/c1-55-38-27-29-50(60-47-24-11-7-20-41(47)42-21-8-12-25-48(42)60)44(32-38)53-57-51(37-17-13-16-36(31-37)35-14-3-2-4-15-35)56-52(58-53)43-30-34(33-54)26-28-49(43)59-45-22-9-5-18-39(45)40-19-6-10-23-46(40)59/h2-32H. The molecule has 8 aromatic carbocycles. The first-order valence-electron chi connectivity index (χ1n) is 19.6. The van der Waals surface area contributed by atoms with Crippen molar-refractivity contribution < 1.29 is 0 Å². The van der Waals surface area contributed by atoms with Crippen LogP contribution in [0.4, 0.5) is 5.69 Å². The van der Waals surface area contributed by atoms with E-state index in [1.54, 1.807) is 0 Å². The maximum atomic E-state index is 10.3. The molecule has 0 aliphatic carbocycles. The van der Waals surface area contributed by atoms with Crippen LogP contribution in [0.1, 0.15) is 5.56 Å². The van der Waals surface area contributed by atoms with Crippen molar-refractivity contribution in [3.05, 3.63) is 205 Å². The molecule has 3 heterocycles. The minimum Gasteiger partial charge on any atom is -0.309 e. The molecule has 7 nitrogen and oxygen atoms in total. The van der Waals surface area contributed by atoms with Gasteiger partial charge >= 0.3 is 0 Å². The van der Waals surface area contributed by atoms with Gasteiger partial charge in [0.05, 0.1) is 51.6 Å². The van der Waals surface area contributed by atoms with E-state index >= 15 is 0 Å². The van der Waals surface area contributed by atoms with Crippen LogP contribution in [0, 0.1) is 17.9 Å². The first-order chi connectivity index (χ1) is 29.7. The van der Waals surface area contributed by atoms with Crippen LogP contribution < -0.4 is 0 Å². The Balaban J connectivity index is 1.23. The van der Waals surface area contributed by atoms with E-state index in [1.165, 1.54) is 0 Å². The van der Waals surface area contributed by atoms with Gasteiger partial charge in [-0.1, -0.05) is 127 Å². The van der Waals surface area contributed by atoms with E-state index < -0.39 is 0 Å². The van der Waals surface area contributed by atoms with E-state index in [-0.39, 0.29) is 0 Å². The molecule has 0 bridgehead atoms. The Bertz CT molecular complexity index is 3280. The molecule has 0 amide bonds. The number of rotatable bonds is 6. The second kappa shape index (κ2) is 14.1. The predicted octanol–water partition coefficient (Wildman–Crippen LogP) is 13.2. The van der Waals surface area contributed by atoms with Gasteiger partial charge in [0.2, 0.25) is 0 Å². The van der Waals surface area contributed by atoms with Crippen molar-refractivity contribution in [2.75, 3.05) is 0 Å². The van der Waals surface area contributed by atoms with E-state index in [0.717, 1.165) is 71.7 Å². The average Bonchev–Trinajstić information content (AvgIpc) is 3.84. The Hall–Kier alpha value is -8.65. The van der Waals surface area contributed by atoms with E-state index in [2.05, 4.69) is 117 Å². The summed E-state index contributed by atoms with van der Waals surface area (Å²) >= 11 is 0. The zero-order valence-corrected chi connectivity index (χ0v) is 32.0. The van der Waals surface area contributed by atoms with Crippen LogP contribution in [0.25, 0.3) is 105 Å². The fourth-order valence-corrected chi connectivity index (χ4v) is 8.53. The molecule has 0 saturated carbocycles. The van der Waals surface area contributed by atoms with Gasteiger partial charge in [-0.25, -0.2) is 19.8 Å².